The highest BCUT2D eigenvalue weighted by atomic mass is 19.1. The summed E-state index contributed by atoms with van der Waals surface area (Å²) in [6.07, 6.45) is 3.16. The molecule has 0 amide bonds. The van der Waals surface area contributed by atoms with Gasteiger partial charge < -0.3 is 9.74 Å². The molecule has 3 nitrogen and oxygen atoms in total. The van der Waals surface area contributed by atoms with E-state index in [0.29, 0.717) is 12.5 Å². The topological polar surface area (TPSA) is 38.5 Å². The molecule has 0 atom stereocenters. The van der Waals surface area contributed by atoms with E-state index in [4.69, 9.17) is 5.90 Å². The lowest BCUT2D eigenvalue weighted by Gasteiger charge is -2.33. The Morgan fingerprint density at radius 1 is 1.29 bits per heavy atom. The minimum Gasteiger partial charge on any atom is -0.369 e. The van der Waals surface area contributed by atoms with E-state index < -0.39 is 0 Å². The van der Waals surface area contributed by atoms with Crippen molar-refractivity contribution < 1.29 is 9.23 Å². The lowest BCUT2D eigenvalue weighted by atomic mass is 9.93. The predicted molar refractivity (Wildman–Crippen MR) is 66.1 cm³/mol. The van der Waals surface area contributed by atoms with Crippen molar-refractivity contribution in [2.45, 2.75) is 19.3 Å². The highest BCUT2D eigenvalue weighted by Crippen LogP contribution is 2.26. The van der Waals surface area contributed by atoms with Crippen molar-refractivity contribution in [1.82, 2.24) is 0 Å². The summed E-state index contributed by atoms with van der Waals surface area (Å²) < 4.78 is 13.6. The Morgan fingerprint density at radius 3 is 2.65 bits per heavy atom. The smallest absolute Gasteiger partial charge is 0.146 e. The number of nitrogens with two attached hydrogens (primary N) is 1. The maximum absolute atomic E-state index is 13.6. The summed E-state index contributed by atoms with van der Waals surface area (Å²) in [5.41, 5.74) is 0.723. The van der Waals surface area contributed by atoms with Gasteiger partial charge in [-0.25, -0.2) is 10.3 Å². The molecule has 2 N–H and O–H groups in total. The third-order valence-electron chi connectivity index (χ3n) is 3.45. The zero-order valence-electron chi connectivity index (χ0n) is 9.94. The van der Waals surface area contributed by atoms with Gasteiger partial charge in [-0.2, -0.15) is 0 Å². The molecule has 4 heteroatoms. The Labute approximate surface area is 101 Å². The lowest BCUT2D eigenvalue weighted by molar-refractivity contribution is 0.118. The van der Waals surface area contributed by atoms with Crippen LogP contribution in [0.15, 0.2) is 24.3 Å². The zero-order valence-corrected chi connectivity index (χ0v) is 9.94. The van der Waals surface area contributed by atoms with E-state index in [0.717, 1.165) is 38.0 Å². The number of hydrogen-bond acceptors (Lipinski definition) is 3. The summed E-state index contributed by atoms with van der Waals surface area (Å²) in [6.45, 7) is 2.44. The molecular weight excluding hydrogens is 219 g/mol. The molecule has 1 saturated heterocycles. The van der Waals surface area contributed by atoms with Gasteiger partial charge in [0.25, 0.3) is 0 Å². The van der Waals surface area contributed by atoms with Crippen molar-refractivity contribution >= 4 is 5.69 Å². The first-order valence-corrected chi connectivity index (χ1v) is 6.12. The van der Waals surface area contributed by atoms with Gasteiger partial charge in [-0.1, -0.05) is 12.1 Å². The summed E-state index contributed by atoms with van der Waals surface area (Å²) >= 11 is 0. The first kappa shape index (κ1) is 12.3. The van der Waals surface area contributed by atoms with Gasteiger partial charge in [-0.15, -0.1) is 0 Å². The van der Waals surface area contributed by atoms with Crippen LogP contribution in [-0.4, -0.2) is 19.7 Å². The van der Waals surface area contributed by atoms with Crippen LogP contribution < -0.4 is 10.8 Å². The zero-order chi connectivity index (χ0) is 12.1. The number of benzene rings is 1. The van der Waals surface area contributed by atoms with Gasteiger partial charge in [-0.3, -0.25) is 0 Å². The number of hydrogen-bond donors (Lipinski definition) is 1. The van der Waals surface area contributed by atoms with E-state index in [1.165, 1.54) is 6.07 Å². The van der Waals surface area contributed by atoms with Gasteiger partial charge in [0.2, 0.25) is 0 Å². The maximum atomic E-state index is 13.6. The molecule has 17 heavy (non-hydrogen) atoms. The Hall–Kier alpha value is -1.13. The SMILES string of the molecule is NOCCC1CCN(c2ccccc2F)CC1. The van der Waals surface area contributed by atoms with E-state index in [2.05, 4.69) is 9.74 Å². The second-order valence-electron chi connectivity index (χ2n) is 4.54. The van der Waals surface area contributed by atoms with Crippen molar-refractivity contribution in [3.8, 4) is 0 Å². The van der Waals surface area contributed by atoms with Crippen molar-refractivity contribution in [1.29, 1.82) is 0 Å². The van der Waals surface area contributed by atoms with E-state index in [1.807, 2.05) is 12.1 Å². The molecule has 0 aromatic heterocycles. The van der Waals surface area contributed by atoms with Gasteiger partial charge in [0.15, 0.2) is 0 Å². The standard InChI is InChI=1S/C13H19FN2O/c14-12-3-1-2-4-13(12)16-8-5-11(6-9-16)7-10-17-15/h1-4,11H,5-10,15H2. The van der Waals surface area contributed by atoms with Gasteiger partial charge in [0.1, 0.15) is 5.82 Å². The molecule has 1 aliphatic heterocycles. The number of rotatable bonds is 4. The number of nitrogens with zero attached hydrogens (tertiary/aromatic N) is 1. The number of para-hydroxylation sites is 1. The van der Waals surface area contributed by atoms with Gasteiger partial charge in [-0.05, 0) is 37.3 Å². The van der Waals surface area contributed by atoms with Crippen LogP contribution in [0.2, 0.25) is 0 Å². The van der Waals surface area contributed by atoms with E-state index in [-0.39, 0.29) is 5.82 Å². The third kappa shape index (κ3) is 3.17. The fourth-order valence-corrected chi connectivity index (χ4v) is 2.41. The molecule has 1 heterocycles. The van der Waals surface area contributed by atoms with Crippen LogP contribution in [0, 0.1) is 11.7 Å². The second-order valence-corrected chi connectivity index (χ2v) is 4.54. The highest BCUT2D eigenvalue weighted by molar-refractivity contribution is 5.47. The third-order valence-corrected chi connectivity index (χ3v) is 3.45. The Kier molecular flexibility index (Phi) is 4.34. The van der Waals surface area contributed by atoms with Crippen molar-refractivity contribution in [3.63, 3.8) is 0 Å². The van der Waals surface area contributed by atoms with Crippen LogP contribution in [0.4, 0.5) is 10.1 Å². The lowest BCUT2D eigenvalue weighted by Crippen LogP contribution is -2.34. The molecule has 94 valence electrons. The quantitative estimate of drug-likeness (QED) is 0.818. The van der Waals surface area contributed by atoms with Crippen LogP contribution >= 0.6 is 0 Å². The molecular formula is C13H19FN2O. The monoisotopic (exact) mass is 238 g/mol. The van der Waals surface area contributed by atoms with Crippen LogP contribution in [0.25, 0.3) is 0 Å². The van der Waals surface area contributed by atoms with Gasteiger partial charge in [0, 0.05) is 13.1 Å². The summed E-state index contributed by atoms with van der Waals surface area (Å²) in [5.74, 6) is 5.55. The first-order chi connectivity index (χ1) is 8.31. The number of piperidine rings is 1. The number of halogens is 1. The minimum absolute atomic E-state index is 0.128. The van der Waals surface area contributed by atoms with Gasteiger partial charge in [0.05, 0.1) is 12.3 Å². The normalized spacial score (nSPS) is 17.4. The molecule has 0 bridgehead atoms. The van der Waals surface area contributed by atoms with Crippen LogP contribution in [0.3, 0.4) is 0 Å². The fourth-order valence-electron chi connectivity index (χ4n) is 2.41. The Bertz CT molecular complexity index is 351. The van der Waals surface area contributed by atoms with Crippen molar-refractivity contribution in [2.75, 3.05) is 24.6 Å². The van der Waals surface area contributed by atoms with Crippen molar-refractivity contribution in [2.24, 2.45) is 11.8 Å². The predicted octanol–water partition coefficient (Wildman–Crippen LogP) is 2.32. The summed E-state index contributed by atoms with van der Waals surface area (Å²) in [6, 6.07) is 6.97. The van der Waals surface area contributed by atoms with E-state index in [1.54, 1.807) is 6.07 Å². The number of anilines is 1. The molecule has 1 aromatic rings. The van der Waals surface area contributed by atoms with Crippen LogP contribution in [0.5, 0.6) is 0 Å². The molecule has 1 aliphatic rings. The van der Waals surface area contributed by atoms with Crippen LogP contribution in [0.1, 0.15) is 19.3 Å². The molecule has 0 radical (unpaired) electrons. The second kappa shape index (κ2) is 5.98. The fraction of sp³-hybridized carbons (Fsp3) is 0.538. The molecule has 0 unspecified atom stereocenters. The molecule has 1 fully saturated rings. The average molecular weight is 238 g/mol. The van der Waals surface area contributed by atoms with E-state index in [9.17, 15) is 4.39 Å². The highest BCUT2D eigenvalue weighted by Gasteiger charge is 2.20. The van der Waals surface area contributed by atoms with Gasteiger partial charge >= 0.3 is 0 Å². The summed E-state index contributed by atoms with van der Waals surface area (Å²) in [4.78, 5) is 6.72. The average Bonchev–Trinajstić information content (AvgIpc) is 2.38. The van der Waals surface area contributed by atoms with Crippen LogP contribution in [-0.2, 0) is 4.84 Å². The molecule has 2 rings (SSSR count). The van der Waals surface area contributed by atoms with E-state index >= 15 is 0 Å². The molecule has 0 saturated carbocycles. The molecule has 0 aliphatic carbocycles. The largest absolute Gasteiger partial charge is 0.369 e. The summed E-state index contributed by atoms with van der Waals surface area (Å²) in [7, 11) is 0. The first-order valence-electron chi connectivity index (χ1n) is 6.12. The Balaban J connectivity index is 1.89. The summed E-state index contributed by atoms with van der Waals surface area (Å²) in [5, 5.41) is 0. The van der Waals surface area contributed by atoms with Crippen molar-refractivity contribution in [3.05, 3.63) is 30.1 Å². The molecule has 0 spiro atoms. The molecule has 1 aromatic carbocycles. The minimum atomic E-state index is -0.128. The Morgan fingerprint density at radius 2 is 2.00 bits per heavy atom. The maximum Gasteiger partial charge on any atom is 0.146 e.